The summed E-state index contributed by atoms with van der Waals surface area (Å²) in [6.45, 7) is 6.62. The van der Waals surface area contributed by atoms with Crippen molar-refractivity contribution in [1.82, 2.24) is 5.32 Å². The molecule has 0 bridgehead atoms. The lowest BCUT2D eigenvalue weighted by Gasteiger charge is -2.39. The van der Waals surface area contributed by atoms with Gasteiger partial charge in [-0.05, 0) is 18.3 Å². The van der Waals surface area contributed by atoms with Gasteiger partial charge in [0.15, 0.2) is 0 Å². The highest BCUT2D eigenvalue weighted by Crippen LogP contribution is 2.40. The average molecular weight is 141 g/mol. The Labute approximate surface area is 64.2 Å². The van der Waals surface area contributed by atoms with E-state index in [1.165, 1.54) is 38.8 Å². The van der Waals surface area contributed by atoms with E-state index in [-0.39, 0.29) is 0 Å². The SMILES string of the molecule is C1CCC2(C1)CNC2.CC. The van der Waals surface area contributed by atoms with Crippen molar-refractivity contribution in [3.8, 4) is 0 Å². The molecule has 10 heavy (non-hydrogen) atoms. The van der Waals surface area contributed by atoms with Crippen LogP contribution in [0.25, 0.3) is 0 Å². The van der Waals surface area contributed by atoms with E-state index in [9.17, 15) is 0 Å². The lowest BCUT2D eigenvalue weighted by molar-refractivity contribution is 0.178. The van der Waals surface area contributed by atoms with Crippen LogP contribution in [0.15, 0.2) is 0 Å². The summed E-state index contributed by atoms with van der Waals surface area (Å²) in [7, 11) is 0. The quantitative estimate of drug-likeness (QED) is 0.545. The Morgan fingerprint density at radius 2 is 1.50 bits per heavy atom. The van der Waals surface area contributed by atoms with E-state index in [1.54, 1.807) is 0 Å². The maximum atomic E-state index is 3.34. The molecule has 1 saturated heterocycles. The van der Waals surface area contributed by atoms with Crippen molar-refractivity contribution in [2.75, 3.05) is 13.1 Å². The Balaban J connectivity index is 0.000000231. The molecule has 2 fully saturated rings. The predicted octanol–water partition coefficient (Wildman–Crippen LogP) is 2.18. The second kappa shape index (κ2) is 3.38. The Hall–Kier alpha value is -0.0400. The summed E-state index contributed by atoms with van der Waals surface area (Å²) in [6.07, 6.45) is 5.98. The van der Waals surface area contributed by atoms with E-state index in [4.69, 9.17) is 0 Å². The summed E-state index contributed by atoms with van der Waals surface area (Å²) in [4.78, 5) is 0. The van der Waals surface area contributed by atoms with E-state index < -0.39 is 0 Å². The summed E-state index contributed by atoms with van der Waals surface area (Å²) < 4.78 is 0. The molecular weight excluding hydrogens is 122 g/mol. The standard InChI is InChI=1S/C7H13N.C2H6/c1-2-4-7(3-1)5-8-6-7;1-2/h8H,1-6H2;1-2H3. The van der Waals surface area contributed by atoms with Crippen molar-refractivity contribution >= 4 is 0 Å². The average Bonchev–Trinajstić information content (AvgIpc) is 2.38. The maximum absolute atomic E-state index is 3.34. The second-order valence-electron chi connectivity index (χ2n) is 3.31. The van der Waals surface area contributed by atoms with E-state index in [0.717, 1.165) is 5.41 Å². The Kier molecular flexibility index (Phi) is 2.72. The molecule has 2 rings (SSSR count). The first-order valence-corrected chi connectivity index (χ1v) is 4.62. The van der Waals surface area contributed by atoms with Gasteiger partial charge in [-0.25, -0.2) is 0 Å². The molecule has 1 heteroatoms. The monoisotopic (exact) mass is 141 g/mol. The van der Waals surface area contributed by atoms with Crippen LogP contribution in [-0.4, -0.2) is 13.1 Å². The lowest BCUT2D eigenvalue weighted by Crippen LogP contribution is -2.51. The van der Waals surface area contributed by atoms with Crippen LogP contribution in [0.5, 0.6) is 0 Å². The molecule has 0 atom stereocenters. The molecule has 0 aromatic heterocycles. The highest BCUT2D eigenvalue weighted by atomic mass is 15.0. The molecule has 0 amide bonds. The topological polar surface area (TPSA) is 12.0 Å². The molecule has 60 valence electrons. The van der Waals surface area contributed by atoms with Gasteiger partial charge < -0.3 is 5.32 Å². The predicted molar refractivity (Wildman–Crippen MR) is 45.1 cm³/mol. The fourth-order valence-corrected chi connectivity index (χ4v) is 1.96. The molecule has 2 aliphatic rings. The Morgan fingerprint density at radius 1 is 1.00 bits per heavy atom. The fraction of sp³-hybridized carbons (Fsp3) is 1.00. The van der Waals surface area contributed by atoms with Gasteiger partial charge in [-0.2, -0.15) is 0 Å². The highest BCUT2D eigenvalue weighted by molar-refractivity contribution is 4.95. The van der Waals surface area contributed by atoms with Gasteiger partial charge in [0.25, 0.3) is 0 Å². The van der Waals surface area contributed by atoms with Crippen LogP contribution < -0.4 is 5.32 Å². The zero-order valence-electron chi connectivity index (χ0n) is 7.24. The minimum absolute atomic E-state index is 0.806. The third kappa shape index (κ3) is 1.34. The highest BCUT2D eigenvalue weighted by Gasteiger charge is 2.38. The summed E-state index contributed by atoms with van der Waals surface area (Å²) in [5.74, 6) is 0. The summed E-state index contributed by atoms with van der Waals surface area (Å²) in [5.41, 5.74) is 0.806. The van der Waals surface area contributed by atoms with E-state index >= 15 is 0 Å². The Morgan fingerprint density at radius 3 is 1.70 bits per heavy atom. The lowest BCUT2D eigenvalue weighted by atomic mass is 9.80. The summed E-state index contributed by atoms with van der Waals surface area (Å²) in [5, 5.41) is 3.34. The number of hydrogen-bond donors (Lipinski definition) is 1. The fourth-order valence-electron chi connectivity index (χ4n) is 1.96. The smallest absolute Gasteiger partial charge is 0.00202 e. The third-order valence-corrected chi connectivity index (χ3v) is 2.66. The molecule has 0 aromatic carbocycles. The zero-order chi connectivity index (χ0) is 7.45. The second-order valence-corrected chi connectivity index (χ2v) is 3.31. The number of nitrogens with one attached hydrogen (secondary N) is 1. The molecule has 1 aliphatic heterocycles. The van der Waals surface area contributed by atoms with Crippen LogP contribution in [-0.2, 0) is 0 Å². The van der Waals surface area contributed by atoms with Crippen LogP contribution in [0.2, 0.25) is 0 Å². The Bertz CT molecular complexity index is 86.9. The first kappa shape index (κ1) is 8.06. The van der Waals surface area contributed by atoms with Gasteiger partial charge in [-0.3, -0.25) is 0 Å². The van der Waals surface area contributed by atoms with Crippen molar-refractivity contribution < 1.29 is 0 Å². The molecular formula is C9H19N. The van der Waals surface area contributed by atoms with Gasteiger partial charge in [-0.1, -0.05) is 26.7 Å². The zero-order valence-corrected chi connectivity index (χ0v) is 7.24. The number of hydrogen-bond acceptors (Lipinski definition) is 1. The van der Waals surface area contributed by atoms with Crippen LogP contribution in [0.1, 0.15) is 39.5 Å². The molecule has 0 unspecified atom stereocenters. The van der Waals surface area contributed by atoms with Gasteiger partial charge in [-0.15, -0.1) is 0 Å². The number of rotatable bonds is 0. The van der Waals surface area contributed by atoms with Gasteiger partial charge in [0.05, 0.1) is 0 Å². The first-order chi connectivity index (χ1) is 4.91. The van der Waals surface area contributed by atoms with Crippen molar-refractivity contribution in [2.24, 2.45) is 5.41 Å². The normalized spacial score (nSPS) is 27.0. The van der Waals surface area contributed by atoms with Crippen molar-refractivity contribution in [3.05, 3.63) is 0 Å². The minimum Gasteiger partial charge on any atom is -0.316 e. The molecule has 0 radical (unpaired) electrons. The molecule has 1 spiro atoms. The van der Waals surface area contributed by atoms with Crippen LogP contribution in [0.4, 0.5) is 0 Å². The molecule has 1 N–H and O–H groups in total. The van der Waals surface area contributed by atoms with Gasteiger partial charge in [0.1, 0.15) is 0 Å². The molecule has 1 aliphatic carbocycles. The van der Waals surface area contributed by atoms with Gasteiger partial charge >= 0.3 is 0 Å². The molecule has 0 aromatic rings. The summed E-state index contributed by atoms with van der Waals surface area (Å²) >= 11 is 0. The van der Waals surface area contributed by atoms with Gasteiger partial charge in [0, 0.05) is 13.1 Å². The molecule has 1 nitrogen and oxygen atoms in total. The van der Waals surface area contributed by atoms with E-state index in [1.807, 2.05) is 13.8 Å². The van der Waals surface area contributed by atoms with E-state index in [2.05, 4.69) is 5.32 Å². The van der Waals surface area contributed by atoms with Crippen molar-refractivity contribution in [3.63, 3.8) is 0 Å². The van der Waals surface area contributed by atoms with Crippen LogP contribution >= 0.6 is 0 Å². The van der Waals surface area contributed by atoms with Crippen molar-refractivity contribution in [2.45, 2.75) is 39.5 Å². The largest absolute Gasteiger partial charge is 0.316 e. The first-order valence-electron chi connectivity index (χ1n) is 4.62. The van der Waals surface area contributed by atoms with Crippen LogP contribution in [0.3, 0.4) is 0 Å². The van der Waals surface area contributed by atoms with Gasteiger partial charge in [0.2, 0.25) is 0 Å². The minimum atomic E-state index is 0.806. The van der Waals surface area contributed by atoms with E-state index in [0.29, 0.717) is 0 Å². The third-order valence-electron chi connectivity index (χ3n) is 2.66. The van der Waals surface area contributed by atoms with Crippen LogP contribution in [0, 0.1) is 5.41 Å². The molecule has 1 saturated carbocycles. The van der Waals surface area contributed by atoms with Crippen molar-refractivity contribution in [1.29, 1.82) is 0 Å². The maximum Gasteiger partial charge on any atom is 0.00202 e. The molecule has 1 heterocycles. The summed E-state index contributed by atoms with van der Waals surface area (Å²) in [6, 6.07) is 0.